The van der Waals surface area contributed by atoms with Crippen molar-refractivity contribution in [1.29, 1.82) is 0 Å². The maximum atomic E-state index is 13.5. The molecule has 3 aromatic carbocycles. The van der Waals surface area contributed by atoms with Crippen LogP contribution >= 0.6 is 0 Å². The van der Waals surface area contributed by atoms with Gasteiger partial charge in [0.05, 0.1) is 37.1 Å². The summed E-state index contributed by atoms with van der Waals surface area (Å²) in [6.07, 6.45) is -11.9. The topological polar surface area (TPSA) is 27.7 Å². The molecule has 3 aromatic rings. The number of hydrogen-bond acceptors (Lipinski definition) is 3. The molecule has 1 aliphatic heterocycles. The van der Waals surface area contributed by atoms with Crippen molar-refractivity contribution >= 4 is 0 Å². The van der Waals surface area contributed by atoms with E-state index in [9.17, 15) is 26.3 Å². The second-order valence-corrected chi connectivity index (χ2v) is 10.3. The summed E-state index contributed by atoms with van der Waals surface area (Å²) >= 11 is 0. The molecule has 0 bridgehead atoms. The maximum Gasteiger partial charge on any atom is 0.416 e. The summed E-state index contributed by atoms with van der Waals surface area (Å²) in [5, 5.41) is 0. The molecule has 1 aliphatic rings. The van der Waals surface area contributed by atoms with Crippen LogP contribution in [0, 0.1) is 18.8 Å². The summed E-state index contributed by atoms with van der Waals surface area (Å²) in [6, 6.07) is 18.9. The van der Waals surface area contributed by atoms with Crippen molar-refractivity contribution in [2.45, 2.75) is 58.0 Å². The first-order valence-electron chi connectivity index (χ1n) is 13.1. The highest BCUT2D eigenvalue weighted by Crippen LogP contribution is 2.44. The largest absolute Gasteiger partial charge is 0.416 e. The van der Waals surface area contributed by atoms with Crippen molar-refractivity contribution in [2.75, 3.05) is 13.2 Å². The Bertz CT molecular complexity index is 1230. The van der Waals surface area contributed by atoms with Gasteiger partial charge in [-0.3, -0.25) is 0 Å². The lowest BCUT2D eigenvalue weighted by Gasteiger charge is -2.43. The standard InChI is InChI=1S/C31H32F6O3/c1-19-9-7-8-12-26(19)28-27(18-38-17-22-10-5-4-6-11-22)20(2)16-39-29(28)40-21(3)23-13-24(30(32,33)34)15-25(14-23)31(35,36)37/h4-15,20-21,27-29H,16-18H2,1-3H3/t20-,21+,27+,28-,29+/m0/s1. The van der Waals surface area contributed by atoms with Gasteiger partial charge in [-0.05, 0) is 66.1 Å². The summed E-state index contributed by atoms with van der Waals surface area (Å²) in [6.45, 7) is 6.48. The minimum absolute atomic E-state index is 0.0564. The highest BCUT2D eigenvalue weighted by molar-refractivity contribution is 5.35. The molecule has 1 fully saturated rings. The lowest BCUT2D eigenvalue weighted by molar-refractivity contribution is -0.226. The molecule has 0 unspecified atom stereocenters. The molecule has 40 heavy (non-hydrogen) atoms. The van der Waals surface area contributed by atoms with Crippen LogP contribution in [-0.4, -0.2) is 19.5 Å². The number of ether oxygens (including phenoxy) is 3. The van der Waals surface area contributed by atoms with Crippen LogP contribution in [0.2, 0.25) is 0 Å². The Labute approximate surface area is 230 Å². The van der Waals surface area contributed by atoms with Crippen molar-refractivity contribution in [2.24, 2.45) is 11.8 Å². The van der Waals surface area contributed by atoms with Crippen LogP contribution in [0.5, 0.6) is 0 Å². The van der Waals surface area contributed by atoms with Gasteiger partial charge in [-0.25, -0.2) is 0 Å². The van der Waals surface area contributed by atoms with Crippen molar-refractivity contribution in [3.05, 3.63) is 106 Å². The quantitative estimate of drug-likeness (QED) is 0.255. The molecule has 9 heteroatoms. The van der Waals surface area contributed by atoms with Gasteiger partial charge in [-0.1, -0.05) is 61.5 Å². The van der Waals surface area contributed by atoms with E-state index >= 15 is 0 Å². The van der Waals surface area contributed by atoms with E-state index in [1.807, 2.05) is 68.4 Å². The highest BCUT2D eigenvalue weighted by Gasteiger charge is 2.42. The van der Waals surface area contributed by atoms with Crippen LogP contribution in [0.3, 0.4) is 0 Å². The Hall–Kier alpha value is -2.88. The molecule has 0 aliphatic carbocycles. The van der Waals surface area contributed by atoms with Crippen LogP contribution in [0.25, 0.3) is 0 Å². The lowest BCUT2D eigenvalue weighted by Crippen LogP contribution is -2.43. The van der Waals surface area contributed by atoms with Gasteiger partial charge in [0.25, 0.3) is 0 Å². The van der Waals surface area contributed by atoms with E-state index in [0.29, 0.717) is 32.0 Å². The number of hydrogen-bond donors (Lipinski definition) is 0. The van der Waals surface area contributed by atoms with Gasteiger partial charge in [-0.2, -0.15) is 26.3 Å². The molecule has 3 nitrogen and oxygen atoms in total. The Morgan fingerprint density at radius 3 is 2.08 bits per heavy atom. The number of rotatable bonds is 8. The molecule has 1 saturated heterocycles. The fourth-order valence-electron chi connectivity index (χ4n) is 5.14. The number of alkyl halides is 6. The summed E-state index contributed by atoms with van der Waals surface area (Å²) in [7, 11) is 0. The molecule has 0 amide bonds. The average molecular weight is 567 g/mol. The summed E-state index contributed by atoms with van der Waals surface area (Å²) < 4.78 is 99.2. The van der Waals surface area contributed by atoms with Crippen LogP contribution in [0.1, 0.15) is 59.3 Å². The third-order valence-corrected chi connectivity index (χ3v) is 7.40. The molecule has 0 N–H and O–H groups in total. The predicted octanol–water partition coefficient (Wildman–Crippen LogP) is 8.72. The molecule has 5 atom stereocenters. The smallest absolute Gasteiger partial charge is 0.376 e. The summed E-state index contributed by atoms with van der Waals surface area (Å²) in [5.74, 6) is -0.389. The fraction of sp³-hybridized carbons (Fsp3) is 0.419. The second kappa shape index (κ2) is 12.3. The Morgan fingerprint density at radius 1 is 0.875 bits per heavy atom. The van der Waals surface area contributed by atoms with Gasteiger partial charge in [0.2, 0.25) is 0 Å². The van der Waals surface area contributed by atoms with Crippen LogP contribution in [0.4, 0.5) is 26.3 Å². The van der Waals surface area contributed by atoms with E-state index in [1.54, 1.807) is 0 Å². The third-order valence-electron chi connectivity index (χ3n) is 7.40. The first-order valence-corrected chi connectivity index (χ1v) is 13.1. The van der Waals surface area contributed by atoms with Crippen molar-refractivity contribution < 1.29 is 40.6 Å². The Balaban J connectivity index is 1.63. The van der Waals surface area contributed by atoms with E-state index < -0.39 is 35.9 Å². The van der Waals surface area contributed by atoms with Crippen LogP contribution in [0.15, 0.2) is 72.8 Å². The molecule has 1 heterocycles. The number of aryl methyl sites for hydroxylation is 1. The van der Waals surface area contributed by atoms with Crippen molar-refractivity contribution in [3.8, 4) is 0 Å². The van der Waals surface area contributed by atoms with Gasteiger partial charge < -0.3 is 14.2 Å². The first kappa shape index (κ1) is 30.1. The predicted molar refractivity (Wildman–Crippen MR) is 138 cm³/mol. The monoisotopic (exact) mass is 566 g/mol. The van der Waals surface area contributed by atoms with E-state index in [2.05, 4.69) is 0 Å². The zero-order valence-electron chi connectivity index (χ0n) is 22.4. The first-order chi connectivity index (χ1) is 18.8. The molecule has 0 aromatic heterocycles. The highest BCUT2D eigenvalue weighted by atomic mass is 19.4. The van der Waals surface area contributed by atoms with Crippen LogP contribution in [-0.2, 0) is 33.2 Å². The fourth-order valence-corrected chi connectivity index (χ4v) is 5.14. The average Bonchev–Trinajstić information content (AvgIpc) is 2.90. The Kier molecular flexibility index (Phi) is 9.27. The maximum absolute atomic E-state index is 13.5. The lowest BCUT2D eigenvalue weighted by atomic mass is 9.75. The van der Waals surface area contributed by atoms with Crippen molar-refractivity contribution in [1.82, 2.24) is 0 Å². The van der Waals surface area contributed by atoms with E-state index in [0.717, 1.165) is 16.7 Å². The minimum atomic E-state index is -4.95. The van der Waals surface area contributed by atoms with Crippen LogP contribution < -0.4 is 0 Å². The normalized spacial score (nSPS) is 22.7. The molecule has 0 saturated carbocycles. The molecule has 216 valence electrons. The van der Waals surface area contributed by atoms with Crippen molar-refractivity contribution in [3.63, 3.8) is 0 Å². The number of benzene rings is 3. The van der Waals surface area contributed by atoms with E-state index in [1.165, 1.54) is 6.92 Å². The number of halogens is 6. The molecule has 0 radical (unpaired) electrons. The SMILES string of the molecule is Cc1ccccc1[C@@H]1[C@@H](O[C@H](C)c2cc(C(F)(F)F)cc(C(F)(F)F)c2)OC[C@H](C)[C@H]1COCc1ccccc1. The van der Waals surface area contributed by atoms with E-state index in [4.69, 9.17) is 14.2 Å². The van der Waals surface area contributed by atoms with Gasteiger partial charge in [0.15, 0.2) is 6.29 Å². The zero-order valence-corrected chi connectivity index (χ0v) is 22.4. The summed E-state index contributed by atoms with van der Waals surface area (Å²) in [5.41, 5.74) is -0.0781. The summed E-state index contributed by atoms with van der Waals surface area (Å²) in [4.78, 5) is 0. The molecular weight excluding hydrogens is 534 g/mol. The van der Waals surface area contributed by atoms with Gasteiger partial charge in [0.1, 0.15) is 0 Å². The minimum Gasteiger partial charge on any atom is -0.376 e. The van der Waals surface area contributed by atoms with Gasteiger partial charge in [-0.15, -0.1) is 0 Å². The Morgan fingerprint density at radius 2 is 1.48 bits per heavy atom. The second-order valence-electron chi connectivity index (χ2n) is 10.3. The van der Waals surface area contributed by atoms with Gasteiger partial charge in [0, 0.05) is 5.92 Å². The van der Waals surface area contributed by atoms with Gasteiger partial charge >= 0.3 is 12.4 Å². The molecular formula is C31H32F6O3. The third kappa shape index (κ3) is 7.25. The van der Waals surface area contributed by atoms with E-state index in [-0.39, 0.29) is 29.4 Å². The molecule has 0 spiro atoms. The zero-order chi connectivity index (χ0) is 29.1. The molecule has 4 rings (SSSR count).